The van der Waals surface area contributed by atoms with Crippen molar-refractivity contribution in [3.63, 3.8) is 0 Å². The lowest BCUT2D eigenvalue weighted by atomic mass is 9.84. The second kappa shape index (κ2) is 17.3. The van der Waals surface area contributed by atoms with Gasteiger partial charge in [0, 0.05) is 5.75 Å². The summed E-state index contributed by atoms with van der Waals surface area (Å²) in [5.41, 5.74) is 4.89. The summed E-state index contributed by atoms with van der Waals surface area (Å²) >= 11 is 1.37. The maximum absolute atomic E-state index is 13.8. The summed E-state index contributed by atoms with van der Waals surface area (Å²) in [5.74, 6) is -3.02. The van der Waals surface area contributed by atoms with Crippen molar-refractivity contribution in [2.24, 2.45) is 0 Å². The molecule has 0 saturated carbocycles. The Labute approximate surface area is 281 Å². The average molecular weight is 671 g/mol. The number of carbonyl (C=O) groups excluding carboxylic acids is 4. The zero-order chi connectivity index (χ0) is 34.4. The molecule has 3 N–H and O–H groups in total. The minimum atomic E-state index is -1.58. The summed E-state index contributed by atoms with van der Waals surface area (Å²) in [7, 11) is 1.05. The number of thioether (sulfide) groups is 1. The van der Waals surface area contributed by atoms with Crippen molar-refractivity contribution in [1.29, 1.82) is 0 Å². The molecule has 0 unspecified atom stereocenters. The fourth-order valence-electron chi connectivity index (χ4n) is 5.01. The highest BCUT2D eigenvalue weighted by Gasteiger charge is 2.39. The van der Waals surface area contributed by atoms with Crippen LogP contribution in [0.25, 0.3) is 0 Å². The maximum Gasteiger partial charge on any atom is 0.408 e. The first-order valence-corrected chi connectivity index (χ1v) is 15.8. The molecule has 0 aromatic heterocycles. The van der Waals surface area contributed by atoms with Crippen LogP contribution in [0.4, 0.5) is 4.79 Å². The number of amides is 3. The van der Waals surface area contributed by atoms with Crippen LogP contribution in [0.5, 0.6) is 0 Å². The van der Waals surface area contributed by atoms with Gasteiger partial charge < -0.3 is 20.1 Å². The summed E-state index contributed by atoms with van der Waals surface area (Å²) in [4.78, 5) is 62.4. The third-order valence-electron chi connectivity index (χ3n) is 7.24. The van der Waals surface area contributed by atoms with Gasteiger partial charge in [0.25, 0.3) is 5.91 Å². The number of nitrogens with zero attached hydrogens (tertiary/aromatic N) is 1. The topological polar surface area (TPSA) is 166 Å². The van der Waals surface area contributed by atoms with Crippen molar-refractivity contribution < 1.29 is 33.7 Å². The van der Waals surface area contributed by atoms with Crippen LogP contribution in [0.2, 0.25) is 0 Å². The zero-order valence-corrected chi connectivity index (χ0v) is 26.8. The zero-order valence-electron chi connectivity index (χ0n) is 25.9. The van der Waals surface area contributed by atoms with Crippen LogP contribution in [0.3, 0.4) is 0 Å². The van der Waals surface area contributed by atoms with E-state index in [1.54, 1.807) is 24.3 Å². The van der Waals surface area contributed by atoms with E-state index in [0.717, 1.165) is 29.4 Å². The van der Waals surface area contributed by atoms with Gasteiger partial charge in [0.15, 0.2) is 5.03 Å². The van der Waals surface area contributed by atoms with Crippen molar-refractivity contribution in [1.82, 2.24) is 16.1 Å². The minimum absolute atomic E-state index is 0.0417. The van der Waals surface area contributed by atoms with E-state index >= 15 is 0 Å². The van der Waals surface area contributed by atoms with Gasteiger partial charge in [-0.3, -0.25) is 9.59 Å². The molecule has 0 radical (unpaired) electrons. The van der Waals surface area contributed by atoms with E-state index in [9.17, 15) is 29.3 Å². The molecule has 0 saturated heterocycles. The van der Waals surface area contributed by atoms with Crippen molar-refractivity contribution >= 4 is 35.6 Å². The Hall–Kier alpha value is -5.69. The van der Waals surface area contributed by atoms with Gasteiger partial charge in [-0.15, -0.1) is 11.8 Å². The van der Waals surface area contributed by atoms with E-state index in [-0.39, 0.29) is 12.4 Å². The molecule has 4 rings (SSSR count). The number of hydrazine groups is 1. The van der Waals surface area contributed by atoms with Crippen molar-refractivity contribution in [3.8, 4) is 0 Å². The predicted molar refractivity (Wildman–Crippen MR) is 179 cm³/mol. The van der Waals surface area contributed by atoms with Gasteiger partial charge >= 0.3 is 12.1 Å². The highest BCUT2D eigenvalue weighted by atomic mass is 32.2. The van der Waals surface area contributed by atoms with E-state index < -0.39 is 52.2 Å². The van der Waals surface area contributed by atoms with Crippen LogP contribution < -0.4 is 16.1 Å². The number of nitro groups is 1. The number of ether oxygens (including phenoxy) is 2. The minimum Gasteiger partial charge on any atom is -0.467 e. The number of hydrogen-bond acceptors (Lipinski definition) is 9. The first kappa shape index (κ1) is 35.2. The van der Waals surface area contributed by atoms with Gasteiger partial charge in [-0.1, -0.05) is 127 Å². The highest BCUT2D eigenvalue weighted by molar-refractivity contribution is 8.00. The molecule has 48 heavy (non-hydrogen) atoms. The Balaban J connectivity index is 1.69. The molecule has 3 amide bonds. The van der Waals surface area contributed by atoms with Crippen LogP contribution in [0.1, 0.15) is 28.7 Å². The molecule has 248 valence electrons. The van der Waals surface area contributed by atoms with Gasteiger partial charge in [-0.25, -0.2) is 19.7 Å². The quantitative estimate of drug-likeness (QED) is 0.0721. The van der Waals surface area contributed by atoms with E-state index in [2.05, 4.69) is 10.6 Å². The molecule has 12 nitrogen and oxygen atoms in total. The summed E-state index contributed by atoms with van der Waals surface area (Å²) < 4.78 is 9.27. The number of hydrogen-bond donors (Lipinski definition) is 3. The third-order valence-corrected chi connectivity index (χ3v) is 8.88. The molecule has 0 fully saturated rings. The molecule has 4 aromatic carbocycles. The Kier molecular flexibility index (Phi) is 12.7. The van der Waals surface area contributed by atoms with E-state index in [1.807, 2.05) is 97.1 Å². The van der Waals surface area contributed by atoms with Crippen LogP contribution in [-0.4, -0.2) is 53.9 Å². The predicted octanol–water partition coefficient (Wildman–Crippen LogP) is 4.36. The number of nitrogens with one attached hydrogen (secondary N) is 3. The van der Waals surface area contributed by atoms with Crippen molar-refractivity contribution in [3.05, 3.63) is 154 Å². The standard InChI is InChI=1S/C35H34N4O8S/c1-46-33(42)29(22-31(40)38-39(44)45)36-32(41)30(37-34(43)47-23-25-14-6-2-7-15-25)24-48-35(26-16-8-3-9-17-26,27-18-10-4-11-19-27)28-20-12-5-13-21-28/h2-21,29-30H,22-24H2,1H3,(H,36,41)(H,37,43)(H,38,40)/t29-,30+/m0/s1. The lowest BCUT2D eigenvalue weighted by molar-refractivity contribution is -0.530. The third kappa shape index (κ3) is 9.42. The summed E-state index contributed by atoms with van der Waals surface area (Å²) in [5, 5.41) is 14.7. The molecule has 2 atom stereocenters. The van der Waals surface area contributed by atoms with Gasteiger partial charge in [0.05, 0.1) is 18.3 Å². The number of methoxy groups -OCH3 is 1. The number of carbonyl (C=O) groups is 4. The number of alkyl carbamates (subject to hydrolysis) is 1. The van der Waals surface area contributed by atoms with Crippen LogP contribution >= 0.6 is 11.8 Å². The highest BCUT2D eigenvalue weighted by Crippen LogP contribution is 2.48. The Morgan fingerprint density at radius 3 is 1.69 bits per heavy atom. The van der Waals surface area contributed by atoms with Gasteiger partial charge in [-0.05, 0) is 22.3 Å². The molecule has 13 heteroatoms. The number of benzene rings is 4. The molecule has 0 aliphatic heterocycles. The van der Waals surface area contributed by atoms with Crippen LogP contribution in [-0.2, 0) is 35.2 Å². The average Bonchev–Trinajstić information content (AvgIpc) is 3.11. The lowest BCUT2D eigenvalue weighted by Crippen LogP contribution is -2.54. The monoisotopic (exact) mass is 670 g/mol. The Bertz CT molecular complexity index is 1580. The molecule has 0 heterocycles. The van der Waals surface area contributed by atoms with Crippen LogP contribution in [0, 0.1) is 10.1 Å². The fourth-order valence-corrected chi connectivity index (χ4v) is 6.57. The first-order valence-electron chi connectivity index (χ1n) is 14.8. The van der Waals surface area contributed by atoms with Gasteiger partial charge in [0.1, 0.15) is 18.7 Å². The van der Waals surface area contributed by atoms with Crippen molar-refractivity contribution in [2.45, 2.75) is 29.9 Å². The molecule has 0 spiro atoms. The normalized spacial score (nSPS) is 12.1. The number of esters is 1. The van der Waals surface area contributed by atoms with E-state index in [0.29, 0.717) is 0 Å². The SMILES string of the molecule is COC(=O)[C@H](CC(=O)N[N+](=O)[O-])NC(=O)[C@@H](CSC(c1ccccc1)(c1ccccc1)c1ccccc1)NC(=O)OCc1ccccc1. The van der Waals surface area contributed by atoms with Gasteiger partial charge in [0.2, 0.25) is 5.91 Å². The Morgan fingerprint density at radius 2 is 1.23 bits per heavy atom. The largest absolute Gasteiger partial charge is 0.467 e. The second-order valence-corrected chi connectivity index (χ2v) is 11.7. The smallest absolute Gasteiger partial charge is 0.408 e. The van der Waals surface area contributed by atoms with E-state index in [1.165, 1.54) is 17.2 Å². The fraction of sp³-hybridized carbons (Fsp3) is 0.200. The van der Waals surface area contributed by atoms with E-state index in [4.69, 9.17) is 9.47 Å². The van der Waals surface area contributed by atoms with Crippen molar-refractivity contribution in [2.75, 3.05) is 12.9 Å². The molecular formula is C35H34N4O8S. The lowest BCUT2D eigenvalue weighted by Gasteiger charge is -2.36. The molecule has 0 bridgehead atoms. The van der Waals surface area contributed by atoms with Crippen LogP contribution in [0.15, 0.2) is 121 Å². The second-order valence-electron chi connectivity index (χ2n) is 10.4. The van der Waals surface area contributed by atoms with Gasteiger partial charge in [-0.2, -0.15) is 0 Å². The first-order chi connectivity index (χ1) is 23.2. The molecule has 4 aromatic rings. The summed E-state index contributed by atoms with van der Waals surface area (Å²) in [6.07, 6.45) is -1.68. The maximum atomic E-state index is 13.8. The Morgan fingerprint density at radius 1 is 0.750 bits per heavy atom. The molecule has 0 aliphatic rings. The summed E-state index contributed by atoms with van der Waals surface area (Å²) in [6, 6.07) is 35.1. The molecule has 0 aliphatic carbocycles. The summed E-state index contributed by atoms with van der Waals surface area (Å²) in [6.45, 7) is -0.0675. The number of rotatable bonds is 15. The molecular weight excluding hydrogens is 636 g/mol.